The Morgan fingerprint density at radius 1 is 0.457 bits per heavy atom. The fourth-order valence-electron chi connectivity index (χ4n) is 3.89. The summed E-state index contributed by atoms with van der Waals surface area (Å²) in [6.07, 6.45) is 5.28. The van der Waals surface area contributed by atoms with Crippen molar-refractivity contribution in [2.24, 2.45) is 0 Å². The highest BCUT2D eigenvalue weighted by Crippen LogP contribution is 2.32. The van der Waals surface area contributed by atoms with Gasteiger partial charge in [-0.1, -0.05) is 42.8 Å². The first kappa shape index (κ1) is 27.4. The van der Waals surface area contributed by atoms with E-state index in [1.165, 1.54) is 6.42 Å². The molecule has 1 saturated carbocycles. The maximum atomic E-state index is 6.16. The number of hydrogen-bond donors (Lipinski definition) is 0. The summed E-state index contributed by atoms with van der Waals surface area (Å²) in [6, 6.07) is 19.5. The van der Waals surface area contributed by atoms with E-state index in [1.807, 2.05) is 60.7 Å². The average Bonchev–Trinajstić information content (AvgIpc) is 2.91. The van der Waals surface area contributed by atoms with Crippen molar-refractivity contribution in [3.05, 3.63) is 60.7 Å². The molecule has 7 nitrogen and oxygen atoms in total. The first-order valence-electron chi connectivity index (χ1n) is 12.7. The molecule has 1 aliphatic rings. The van der Waals surface area contributed by atoms with Crippen molar-refractivity contribution in [1.82, 2.24) is 0 Å². The molecule has 194 valence electrons. The van der Waals surface area contributed by atoms with Crippen molar-refractivity contribution in [2.45, 2.75) is 37.9 Å². The van der Waals surface area contributed by atoms with E-state index in [-0.39, 0.29) is 0 Å². The van der Waals surface area contributed by atoms with Crippen molar-refractivity contribution < 1.29 is 33.2 Å². The number of rotatable bonds is 19. The summed E-state index contributed by atoms with van der Waals surface area (Å²) in [7, 11) is 0. The Kier molecular flexibility index (Phi) is 13.6. The van der Waals surface area contributed by atoms with Gasteiger partial charge in [-0.3, -0.25) is 0 Å². The second-order valence-corrected chi connectivity index (χ2v) is 8.33. The van der Waals surface area contributed by atoms with Gasteiger partial charge in [-0.05, 0) is 37.1 Å². The number of para-hydroxylation sites is 2. The zero-order chi connectivity index (χ0) is 24.3. The van der Waals surface area contributed by atoms with Crippen molar-refractivity contribution in [1.29, 1.82) is 0 Å². The van der Waals surface area contributed by atoms with Gasteiger partial charge in [-0.15, -0.1) is 0 Å². The van der Waals surface area contributed by atoms with Gasteiger partial charge in [0.05, 0.1) is 52.9 Å². The molecule has 35 heavy (non-hydrogen) atoms. The summed E-state index contributed by atoms with van der Waals surface area (Å²) in [5.41, 5.74) is 0. The van der Waals surface area contributed by atoms with Gasteiger partial charge in [-0.2, -0.15) is 0 Å². The molecule has 0 aromatic heterocycles. The fourth-order valence-corrected chi connectivity index (χ4v) is 3.89. The zero-order valence-electron chi connectivity index (χ0n) is 20.7. The summed E-state index contributed by atoms with van der Waals surface area (Å²) in [4.78, 5) is 0. The van der Waals surface area contributed by atoms with Crippen LogP contribution in [0.2, 0.25) is 0 Å². The Morgan fingerprint density at radius 3 is 1.31 bits per heavy atom. The van der Waals surface area contributed by atoms with Gasteiger partial charge in [0.1, 0.15) is 24.7 Å². The van der Waals surface area contributed by atoms with E-state index >= 15 is 0 Å². The maximum Gasteiger partial charge on any atom is 0.168 e. The lowest BCUT2D eigenvalue weighted by atomic mass is 9.94. The van der Waals surface area contributed by atoms with E-state index < -0.39 is 5.79 Å². The van der Waals surface area contributed by atoms with E-state index in [0.29, 0.717) is 66.1 Å². The van der Waals surface area contributed by atoms with Gasteiger partial charge in [0.2, 0.25) is 0 Å². The van der Waals surface area contributed by atoms with Crippen LogP contribution < -0.4 is 9.47 Å². The molecule has 0 heterocycles. The topological polar surface area (TPSA) is 64.6 Å². The molecule has 1 aliphatic carbocycles. The van der Waals surface area contributed by atoms with Gasteiger partial charge in [-0.25, -0.2) is 0 Å². The molecule has 1 fully saturated rings. The van der Waals surface area contributed by atoms with Gasteiger partial charge in [0, 0.05) is 12.8 Å². The fraction of sp³-hybridized carbons (Fsp3) is 0.571. The standard InChI is InChI=1S/C28H40O7/c1-4-10-26(11-5-1)32-22-18-29-16-17-30-20-24-34-28(14-8-3-9-15-28)35-25-21-31-19-23-33-27-12-6-2-7-13-27/h1-2,4-7,10-13H,3,8-9,14-25H2. The van der Waals surface area contributed by atoms with E-state index in [4.69, 9.17) is 33.2 Å². The molecule has 0 amide bonds. The summed E-state index contributed by atoms with van der Waals surface area (Å²) in [6.45, 7) is 5.21. The number of hydrogen-bond acceptors (Lipinski definition) is 7. The summed E-state index contributed by atoms with van der Waals surface area (Å²) < 4.78 is 40.4. The SMILES string of the molecule is c1ccc(OCCOCCOCCOC2(OCCOCCOc3ccccc3)CCCCC2)cc1. The van der Waals surface area contributed by atoms with Crippen molar-refractivity contribution in [2.75, 3.05) is 66.1 Å². The van der Waals surface area contributed by atoms with Crippen molar-refractivity contribution in [3.8, 4) is 11.5 Å². The second kappa shape index (κ2) is 17.3. The van der Waals surface area contributed by atoms with Crippen LogP contribution >= 0.6 is 0 Å². The largest absolute Gasteiger partial charge is 0.491 e. The molecule has 3 rings (SSSR count). The lowest BCUT2D eigenvalue weighted by Crippen LogP contribution is -2.40. The lowest BCUT2D eigenvalue weighted by Gasteiger charge is -2.37. The first-order valence-corrected chi connectivity index (χ1v) is 12.7. The summed E-state index contributed by atoms with van der Waals surface area (Å²) >= 11 is 0. The minimum absolute atomic E-state index is 0.503. The summed E-state index contributed by atoms with van der Waals surface area (Å²) in [5.74, 6) is 1.19. The molecule has 2 aromatic rings. The molecule has 0 unspecified atom stereocenters. The molecular weight excluding hydrogens is 448 g/mol. The smallest absolute Gasteiger partial charge is 0.168 e. The third kappa shape index (κ3) is 11.9. The molecule has 0 aliphatic heterocycles. The Hall–Kier alpha value is -2.16. The van der Waals surface area contributed by atoms with Crippen LogP contribution in [0.15, 0.2) is 60.7 Å². The van der Waals surface area contributed by atoms with Crippen LogP contribution in [0.25, 0.3) is 0 Å². The Balaban J connectivity index is 1.17. The average molecular weight is 489 g/mol. The molecule has 2 aromatic carbocycles. The van der Waals surface area contributed by atoms with E-state index in [9.17, 15) is 0 Å². The number of benzene rings is 2. The van der Waals surface area contributed by atoms with Crippen LogP contribution in [-0.2, 0) is 23.7 Å². The molecular formula is C28H40O7. The van der Waals surface area contributed by atoms with Crippen molar-refractivity contribution >= 4 is 0 Å². The van der Waals surface area contributed by atoms with Crippen LogP contribution in [0.3, 0.4) is 0 Å². The molecule has 0 radical (unpaired) electrons. The van der Waals surface area contributed by atoms with Gasteiger partial charge >= 0.3 is 0 Å². The van der Waals surface area contributed by atoms with Gasteiger partial charge in [0.15, 0.2) is 5.79 Å². The van der Waals surface area contributed by atoms with E-state index in [2.05, 4.69) is 0 Å². The minimum atomic E-state index is -0.517. The zero-order valence-corrected chi connectivity index (χ0v) is 20.7. The Labute approximate surface area is 209 Å². The third-order valence-corrected chi connectivity index (χ3v) is 5.65. The van der Waals surface area contributed by atoms with E-state index in [0.717, 1.165) is 37.2 Å². The van der Waals surface area contributed by atoms with Gasteiger partial charge < -0.3 is 33.2 Å². The predicted octanol–water partition coefficient (Wildman–Crippen LogP) is 4.89. The highest BCUT2D eigenvalue weighted by Gasteiger charge is 2.33. The summed E-state index contributed by atoms with van der Waals surface area (Å²) in [5, 5.41) is 0. The molecule has 0 atom stereocenters. The number of ether oxygens (including phenoxy) is 7. The Morgan fingerprint density at radius 2 is 0.857 bits per heavy atom. The van der Waals surface area contributed by atoms with Crippen LogP contribution in [0.5, 0.6) is 11.5 Å². The van der Waals surface area contributed by atoms with Crippen LogP contribution in [0.1, 0.15) is 32.1 Å². The highest BCUT2D eigenvalue weighted by molar-refractivity contribution is 5.21. The normalized spacial score (nSPS) is 15.1. The minimum Gasteiger partial charge on any atom is -0.491 e. The highest BCUT2D eigenvalue weighted by atomic mass is 16.7. The monoisotopic (exact) mass is 488 g/mol. The molecule has 0 N–H and O–H groups in total. The lowest BCUT2D eigenvalue weighted by molar-refractivity contribution is -0.260. The quantitative estimate of drug-likeness (QED) is 0.206. The van der Waals surface area contributed by atoms with Crippen LogP contribution in [0, 0.1) is 0 Å². The van der Waals surface area contributed by atoms with Crippen LogP contribution in [0.4, 0.5) is 0 Å². The molecule has 0 spiro atoms. The third-order valence-electron chi connectivity index (χ3n) is 5.65. The van der Waals surface area contributed by atoms with E-state index in [1.54, 1.807) is 0 Å². The van der Waals surface area contributed by atoms with Crippen molar-refractivity contribution in [3.63, 3.8) is 0 Å². The Bertz CT molecular complexity index is 750. The maximum absolute atomic E-state index is 6.16. The predicted molar refractivity (Wildman–Crippen MR) is 134 cm³/mol. The van der Waals surface area contributed by atoms with Gasteiger partial charge in [0.25, 0.3) is 0 Å². The molecule has 0 saturated heterocycles. The van der Waals surface area contributed by atoms with Crippen LogP contribution in [-0.4, -0.2) is 71.9 Å². The second-order valence-electron chi connectivity index (χ2n) is 8.33. The molecule has 7 heteroatoms. The first-order chi connectivity index (χ1) is 17.4. The molecule has 0 bridgehead atoms.